The highest BCUT2D eigenvalue weighted by molar-refractivity contribution is 5.96. The van der Waals surface area contributed by atoms with Gasteiger partial charge in [-0.1, -0.05) is 6.42 Å². The molecule has 0 aromatic carbocycles. The number of carbonyl (C=O) groups is 2. The summed E-state index contributed by atoms with van der Waals surface area (Å²) in [5, 5.41) is 2.88. The summed E-state index contributed by atoms with van der Waals surface area (Å²) in [4.78, 5) is 22.0. The highest BCUT2D eigenvalue weighted by atomic mass is 16.2. The van der Waals surface area contributed by atoms with Gasteiger partial charge in [0.25, 0.3) is 0 Å². The van der Waals surface area contributed by atoms with Gasteiger partial charge < -0.3 is 5.32 Å². The number of nitrogens with one attached hydrogen (secondary N) is 1. The van der Waals surface area contributed by atoms with Crippen molar-refractivity contribution in [1.29, 1.82) is 0 Å². The number of ketones is 1. The smallest absolute Gasteiger partial charge is 0.227 e. The molecule has 0 radical (unpaired) electrons. The highest BCUT2D eigenvalue weighted by Gasteiger charge is 2.39. The van der Waals surface area contributed by atoms with E-state index < -0.39 is 0 Å². The second kappa shape index (κ2) is 4.33. The van der Waals surface area contributed by atoms with Gasteiger partial charge in [0.2, 0.25) is 5.91 Å². The minimum Gasteiger partial charge on any atom is -0.355 e. The summed E-state index contributed by atoms with van der Waals surface area (Å²) in [7, 11) is 0. The van der Waals surface area contributed by atoms with Gasteiger partial charge in [-0.25, -0.2) is 0 Å². The van der Waals surface area contributed by atoms with Gasteiger partial charge in [-0.05, 0) is 43.9 Å². The summed E-state index contributed by atoms with van der Waals surface area (Å²) in [5.74, 6) is 2.28. The zero-order chi connectivity index (χ0) is 10.8. The summed E-state index contributed by atoms with van der Waals surface area (Å²) in [6.45, 7) is 2.24. The van der Waals surface area contributed by atoms with Gasteiger partial charge in [0.1, 0.15) is 5.78 Å². The highest BCUT2D eigenvalue weighted by Crippen LogP contribution is 2.47. The lowest BCUT2D eigenvalue weighted by molar-refractivity contribution is -0.127. The first-order valence-corrected chi connectivity index (χ1v) is 5.91. The fraction of sp³-hybridized carbons (Fsp3) is 0.833. The molecule has 0 unspecified atom stereocenters. The number of rotatable bonds is 4. The van der Waals surface area contributed by atoms with Crippen LogP contribution in [0.15, 0.2) is 0 Å². The number of amides is 1. The SMILES string of the molecule is CC(=O)CC(=O)NC[C@H]1C[C@H]2CC[C@@H]1C2. The first-order chi connectivity index (χ1) is 7.15. The fourth-order valence-corrected chi connectivity index (χ4v) is 3.16. The van der Waals surface area contributed by atoms with Gasteiger partial charge >= 0.3 is 0 Å². The van der Waals surface area contributed by atoms with Crippen LogP contribution >= 0.6 is 0 Å². The van der Waals surface area contributed by atoms with Crippen LogP contribution in [0.5, 0.6) is 0 Å². The zero-order valence-corrected chi connectivity index (χ0v) is 9.29. The number of Topliss-reactive ketones (excluding diaryl/α,β-unsaturated/α-hetero) is 1. The van der Waals surface area contributed by atoms with Crippen LogP contribution in [-0.4, -0.2) is 18.2 Å². The standard InChI is InChI=1S/C12H19NO2/c1-8(14)4-12(15)13-7-11-6-9-2-3-10(11)5-9/h9-11H,2-7H2,1H3,(H,13,15)/t9-,10+,11+/m0/s1. The van der Waals surface area contributed by atoms with Crippen molar-refractivity contribution in [2.24, 2.45) is 17.8 Å². The third kappa shape index (κ3) is 2.58. The second-order valence-electron chi connectivity index (χ2n) is 5.12. The summed E-state index contributed by atoms with van der Waals surface area (Å²) in [5.41, 5.74) is 0. The fourth-order valence-electron chi connectivity index (χ4n) is 3.16. The average molecular weight is 209 g/mol. The Hall–Kier alpha value is -0.860. The molecule has 0 aromatic rings. The molecule has 0 aromatic heterocycles. The molecule has 3 heteroatoms. The van der Waals surface area contributed by atoms with Crippen molar-refractivity contribution in [2.45, 2.75) is 39.0 Å². The van der Waals surface area contributed by atoms with Gasteiger partial charge in [-0.2, -0.15) is 0 Å². The topological polar surface area (TPSA) is 46.2 Å². The average Bonchev–Trinajstić information content (AvgIpc) is 2.74. The Morgan fingerprint density at radius 1 is 1.27 bits per heavy atom. The summed E-state index contributed by atoms with van der Waals surface area (Å²) >= 11 is 0. The summed E-state index contributed by atoms with van der Waals surface area (Å²) in [6.07, 6.45) is 5.43. The van der Waals surface area contributed by atoms with Crippen molar-refractivity contribution in [3.8, 4) is 0 Å². The minimum atomic E-state index is -0.106. The molecule has 2 fully saturated rings. The largest absolute Gasteiger partial charge is 0.355 e. The van der Waals surface area contributed by atoms with Gasteiger partial charge in [0.05, 0.1) is 6.42 Å². The van der Waals surface area contributed by atoms with E-state index in [9.17, 15) is 9.59 Å². The lowest BCUT2D eigenvalue weighted by Crippen LogP contribution is -2.32. The van der Waals surface area contributed by atoms with Gasteiger partial charge in [0.15, 0.2) is 0 Å². The Labute approximate surface area is 90.6 Å². The van der Waals surface area contributed by atoms with E-state index in [1.54, 1.807) is 0 Å². The molecule has 2 saturated carbocycles. The maximum atomic E-state index is 11.3. The van der Waals surface area contributed by atoms with Gasteiger partial charge in [0, 0.05) is 6.54 Å². The van der Waals surface area contributed by atoms with E-state index >= 15 is 0 Å². The lowest BCUT2D eigenvalue weighted by Gasteiger charge is -2.21. The van der Waals surface area contributed by atoms with Crippen LogP contribution in [0.1, 0.15) is 39.0 Å². The van der Waals surface area contributed by atoms with Gasteiger partial charge in [-0.3, -0.25) is 9.59 Å². The Kier molecular flexibility index (Phi) is 3.08. The molecule has 1 amide bonds. The number of carbonyl (C=O) groups excluding carboxylic acids is 2. The van der Waals surface area contributed by atoms with Crippen LogP contribution < -0.4 is 5.32 Å². The predicted octanol–water partition coefficient (Wildman–Crippen LogP) is 1.52. The Morgan fingerprint density at radius 2 is 2.07 bits per heavy atom. The van der Waals surface area contributed by atoms with Crippen LogP contribution in [-0.2, 0) is 9.59 Å². The molecule has 3 atom stereocenters. The molecule has 2 aliphatic rings. The molecule has 84 valence electrons. The van der Waals surface area contributed by atoms with Crippen molar-refractivity contribution in [3.63, 3.8) is 0 Å². The molecule has 2 bridgehead atoms. The third-order valence-electron chi connectivity index (χ3n) is 3.86. The normalized spacial score (nSPS) is 33.0. The first-order valence-electron chi connectivity index (χ1n) is 5.91. The van der Waals surface area contributed by atoms with Crippen LogP contribution in [0.4, 0.5) is 0 Å². The third-order valence-corrected chi connectivity index (χ3v) is 3.86. The quantitative estimate of drug-likeness (QED) is 0.713. The van der Waals surface area contributed by atoms with E-state index in [2.05, 4.69) is 5.32 Å². The van der Waals surface area contributed by atoms with E-state index in [0.717, 1.165) is 18.4 Å². The second-order valence-corrected chi connectivity index (χ2v) is 5.12. The number of fused-ring (bicyclic) bond motifs is 2. The van der Waals surface area contributed by atoms with E-state index in [-0.39, 0.29) is 18.1 Å². The van der Waals surface area contributed by atoms with Crippen LogP contribution in [0.2, 0.25) is 0 Å². The van der Waals surface area contributed by atoms with E-state index in [1.165, 1.54) is 32.6 Å². The molecule has 15 heavy (non-hydrogen) atoms. The molecule has 3 nitrogen and oxygen atoms in total. The molecule has 1 N–H and O–H groups in total. The van der Waals surface area contributed by atoms with Crippen molar-refractivity contribution in [3.05, 3.63) is 0 Å². The van der Waals surface area contributed by atoms with Crippen molar-refractivity contribution >= 4 is 11.7 Å². The first kappa shape index (κ1) is 10.7. The van der Waals surface area contributed by atoms with Crippen LogP contribution in [0.25, 0.3) is 0 Å². The van der Waals surface area contributed by atoms with Crippen molar-refractivity contribution in [1.82, 2.24) is 5.32 Å². The van der Waals surface area contributed by atoms with Gasteiger partial charge in [-0.15, -0.1) is 0 Å². The minimum absolute atomic E-state index is 0.0425. The van der Waals surface area contributed by atoms with Crippen LogP contribution in [0.3, 0.4) is 0 Å². The molecule has 2 aliphatic carbocycles. The number of hydrogen-bond donors (Lipinski definition) is 1. The Bertz CT molecular complexity index is 275. The summed E-state index contributed by atoms with van der Waals surface area (Å²) < 4.78 is 0. The zero-order valence-electron chi connectivity index (χ0n) is 9.29. The molecule has 0 heterocycles. The molecular formula is C12H19NO2. The maximum Gasteiger partial charge on any atom is 0.227 e. The molecule has 0 saturated heterocycles. The molecule has 0 aliphatic heterocycles. The maximum absolute atomic E-state index is 11.3. The number of hydrogen-bond acceptors (Lipinski definition) is 2. The molecule has 0 spiro atoms. The van der Waals surface area contributed by atoms with E-state index in [0.29, 0.717) is 5.92 Å². The monoisotopic (exact) mass is 209 g/mol. The lowest BCUT2D eigenvalue weighted by atomic mass is 9.89. The van der Waals surface area contributed by atoms with Crippen molar-refractivity contribution < 1.29 is 9.59 Å². The Balaban J connectivity index is 1.70. The Morgan fingerprint density at radius 3 is 2.60 bits per heavy atom. The van der Waals surface area contributed by atoms with E-state index in [4.69, 9.17) is 0 Å². The summed E-state index contributed by atoms with van der Waals surface area (Å²) in [6, 6.07) is 0. The predicted molar refractivity (Wildman–Crippen MR) is 57.2 cm³/mol. The van der Waals surface area contributed by atoms with Crippen molar-refractivity contribution in [2.75, 3.05) is 6.54 Å². The van der Waals surface area contributed by atoms with Crippen LogP contribution in [0, 0.1) is 17.8 Å². The van der Waals surface area contributed by atoms with E-state index in [1.807, 2.05) is 0 Å². The molecular weight excluding hydrogens is 190 g/mol. The molecule has 2 rings (SSSR count).